The predicted octanol–water partition coefficient (Wildman–Crippen LogP) is 3.32. The van der Waals surface area contributed by atoms with Gasteiger partial charge in [0.2, 0.25) is 5.91 Å². The lowest BCUT2D eigenvalue weighted by molar-refractivity contribution is -0.129. The molecular weight excluding hydrogens is 344 g/mol. The minimum absolute atomic E-state index is 0.0146. The van der Waals surface area contributed by atoms with Crippen LogP contribution in [0.2, 0.25) is 0 Å². The molecule has 136 valence electrons. The Kier molecular flexibility index (Phi) is 4.33. The summed E-state index contributed by atoms with van der Waals surface area (Å²) in [6, 6.07) is 16.3. The van der Waals surface area contributed by atoms with E-state index in [1.54, 1.807) is 29.2 Å². The molecule has 0 radical (unpaired) electrons. The van der Waals surface area contributed by atoms with Gasteiger partial charge in [-0.15, -0.1) is 0 Å². The molecule has 4 rings (SSSR count). The molecular formula is C20H18N4O3. The Balaban J connectivity index is 1.43. The van der Waals surface area contributed by atoms with Crippen molar-refractivity contribution in [3.8, 4) is 11.5 Å². The topological polar surface area (TPSA) is 87.3 Å². The molecule has 3 aromatic rings. The van der Waals surface area contributed by atoms with Gasteiger partial charge in [-0.05, 0) is 36.4 Å². The Labute approximate surface area is 156 Å². The van der Waals surface area contributed by atoms with Gasteiger partial charge >= 0.3 is 0 Å². The highest BCUT2D eigenvalue weighted by Gasteiger charge is 2.27. The van der Waals surface area contributed by atoms with Gasteiger partial charge in [0.05, 0.1) is 18.8 Å². The normalized spacial score (nSPS) is 12.6. The molecule has 2 aromatic carbocycles. The Morgan fingerprint density at radius 2 is 1.74 bits per heavy atom. The first kappa shape index (κ1) is 16.8. The fourth-order valence-electron chi connectivity index (χ4n) is 2.94. The van der Waals surface area contributed by atoms with Crippen molar-refractivity contribution < 1.29 is 14.3 Å². The molecule has 1 aliphatic rings. The smallest absolute Gasteiger partial charge is 0.256 e. The third kappa shape index (κ3) is 3.52. The number of H-pyrrole nitrogens is 1. The van der Waals surface area contributed by atoms with Crippen LogP contribution in [-0.2, 0) is 17.9 Å². The van der Waals surface area contributed by atoms with Crippen LogP contribution in [-0.4, -0.2) is 26.9 Å². The number of aromatic amines is 1. The van der Waals surface area contributed by atoms with Crippen molar-refractivity contribution in [3.05, 3.63) is 71.4 Å². The van der Waals surface area contributed by atoms with Crippen LogP contribution in [0.4, 0.5) is 5.82 Å². The van der Waals surface area contributed by atoms with Crippen LogP contribution in [0.5, 0.6) is 11.5 Å². The Morgan fingerprint density at radius 3 is 2.44 bits per heavy atom. The molecule has 0 aliphatic carbocycles. The number of nitrogens with zero attached hydrogens (tertiary/aromatic N) is 2. The van der Waals surface area contributed by atoms with E-state index in [0.29, 0.717) is 30.2 Å². The van der Waals surface area contributed by atoms with Gasteiger partial charge in [0, 0.05) is 18.1 Å². The summed E-state index contributed by atoms with van der Waals surface area (Å²) in [4.78, 5) is 25.7. The number of amides is 2. The number of anilines is 1. The third-order valence-electron chi connectivity index (χ3n) is 4.42. The van der Waals surface area contributed by atoms with E-state index in [4.69, 9.17) is 4.74 Å². The highest BCUT2D eigenvalue weighted by atomic mass is 16.5. The quantitative estimate of drug-likeness (QED) is 0.745. The lowest BCUT2D eigenvalue weighted by Crippen LogP contribution is -2.23. The SMILES string of the molecule is CC(=O)N1Cc2n[nH]c(NC(=O)c3ccc(Oc4ccccc4)cc3)c2C1. The van der Waals surface area contributed by atoms with Crippen molar-refractivity contribution in [2.75, 3.05) is 5.32 Å². The largest absolute Gasteiger partial charge is 0.457 e. The van der Waals surface area contributed by atoms with E-state index in [0.717, 1.165) is 17.0 Å². The summed E-state index contributed by atoms with van der Waals surface area (Å²) in [5.41, 5.74) is 2.13. The second kappa shape index (κ2) is 6.95. The molecule has 0 fully saturated rings. The molecule has 0 spiro atoms. The standard InChI is InChI=1S/C20H18N4O3/c1-13(25)24-11-17-18(12-24)22-23-19(17)21-20(26)14-7-9-16(10-8-14)27-15-5-3-2-4-6-15/h2-10H,11-12H2,1H3,(H2,21,22,23,26). The number of hydrogen-bond acceptors (Lipinski definition) is 4. The molecule has 7 nitrogen and oxygen atoms in total. The molecule has 0 saturated carbocycles. The average Bonchev–Trinajstić information content (AvgIpc) is 3.25. The molecule has 2 N–H and O–H groups in total. The zero-order chi connectivity index (χ0) is 18.8. The summed E-state index contributed by atoms with van der Waals surface area (Å²) in [5.74, 6) is 1.65. The first-order chi connectivity index (χ1) is 13.1. The number of ether oxygens (including phenoxy) is 1. The zero-order valence-corrected chi connectivity index (χ0v) is 14.7. The summed E-state index contributed by atoms with van der Waals surface area (Å²) in [7, 11) is 0. The third-order valence-corrected chi connectivity index (χ3v) is 4.42. The first-order valence-corrected chi connectivity index (χ1v) is 8.56. The van der Waals surface area contributed by atoms with E-state index in [1.807, 2.05) is 30.3 Å². The van der Waals surface area contributed by atoms with E-state index in [-0.39, 0.29) is 11.8 Å². The number of rotatable bonds is 4. The van der Waals surface area contributed by atoms with Crippen LogP contribution in [0.1, 0.15) is 28.5 Å². The monoisotopic (exact) mass is 362 g/mol. The average molecular weight is 362 g/mol. The summed E-state index contributed by atoms with van der Waals surface area (Å²) in [5, 5.41) is 9.85. The van der Waals surface area contributed by atoms with Crippen molar-refractivity contribution >= 4 is 17.6 Å². The number of para-hydroxylation sites is 1. The van der Waals surface area contributed by atoms with E-state index in [2.05, 4.69) is 15.5 Å². The fraction of sp³-hybridized carbons (Fsp3) is 0.150. The van der Waals surface area contributed by atoms with Crippen molar-refractivity contribution in [2.24, 2.45) is 0 Å². The van der Waals surface area contributed by atoms with Gasteiger partial charge in [-0.25, -0.2) is 0 Å². The molecule has 0 atom stereocenters. The lowest BCUT2D eigenvalue weighted by Gasteiger charge is -2.12. The molecule has 1 aromatic heterocycles. The summed E-state index contributed by atoms with van der Waals surface area (Å²) in [6.45, 7) is 2.43. The predicted molar refractivity (Wildman–Crippen MR) is 99.4 cm³/mol. The Morgan fingerprint density at radius 1 is 1.04 bits per heavy atom. The molecule has 27 heavy (non-hydrogen) atoms. The summed E-state index contributed by atoms with van der Waals surface area (Å²) >= 11 is 0. The molecule has 1 aliphatic heterocycles. The first-order valence-electron chi connectivity index (χ1n) is 8.56. The Hall–Kier alpha value is -3.61. The van der Waals surface area contributed by atoms with Crippen molar-refractivity contribution in [1.29, 1.82) is 0 Å². The van der Waals surface area contributed by atoms with Crippen LogP contribution < -0.4 is 10.1 Å². The van der Waals surface area contributed by atoms with Gasteiger partial charge in [-0.3, -0.25) is 14.7 Å². The molecule has 2 amide bonds. The van der Waals surface area contributed by atoms with Crippen LogP contribution >= 0.6 is 0 Å². The molecule has 0 saturated heterocycles. The number of aromatic nitrogens is 2. The van der Waals surface area contributed by atoms with Gasteiger partial charge < -0.3 is 15.0 Å². The van der Waals surface area contributed by atoms with Crippen molar-refractivity contribution in [1.82, 2.24) is 15.1 Å². The number of benzene rings is 2. The second-order valence-corrected chi connectivity index (χ2v) is 6.29. The van der Waals surface area contributed by atoms with Gasteiger partial charge in [-0.1, -0.05) is 18.2 Å². The fourth-order valence-corrected chi connectivity index (χ4v) is 2.94. The maximum Gasteiger partial charge on any atom is 0.256 e. The van der Waals surface area contributed by atoms with Gasteiger partial charge in [0.1, 0.15) is 17.3 Å². The molecule has 2 heterocycles. The van der Waals surface area contributed by atoms with Crippen molar-refractivity contribution in [2.45, 2.75) is 20.0 Å². The number of fused-ring (bicyclic) bond motifs is 1. The minimum Gasteiger partial charge on any atom is -0.457 e. The number of carbonyl (C=O) groups excluding carboxylic acids is 2. The summed E-state index contributed by atoms with van der Waals surface area (Å²) in [6.07, 6.45) is 0. The maximum absolute atomic E-state index is 12.5. The van der Waals surface area contributed by atoms with Crippen LogP contribution in [0.3, 0.4) is 0 Å². The van der Waals surface area contributed by atoms with E-state index in [9.17, 15) is 9.59 Å². The summed E-state index contributed by atoms with van der Waals surface area (Å²) < 4.78 is 5.73. The number of carbonyl (C=O) groups is 2. The number of hydrogen-bond donors (Lipinski definition) is 2. The van der Waals surface area contributed by atoms with Gasteiger partial charge in [0.25, 0.3) is 5.91 Å². The highest BCUT2D eigenvalue weighted by molar-refractivity contribution is 6.04. The van der Waals surface area contributed by atoms with E-state index < -0.39 is 0 Å². The van der Waals surface area contributed by atoms with Crippen LogP contribution in [0, 0.1) is 0 Å². The van der Waals surface area contributed by atoms with Gasteiger partial charge in [0.15, 0.2) is 0 Å². The molecule has 7 heteroatoms. The second-order valence-electron chi connectivity index (χ2n) is 6.29. The van der Waals surface area contributed by atoms with Crippen LogP contribution in [0.25, 0.3) is 0 Å². The Bertz CT molecular complexity index is 980. The minimum atomic E-state index is -0.256. The zero-order valence-electron chi connectivity index (χ0n) is 14.7. The van der Waals surface area contributed by atoms with Crippen LogP contribution in [0.15, 0.2) is 54.6 Å². The van der Waals surface area contributed by atoms with E-state index in [1.165, 1.54) is 6.92 Å². The van der Waals surface area contributed by atoms with Crippen molar-refractivity contribution in [3.63, 3.8) is 0 Å². The maximum atomic E-state index is 12.5. The number of nitrogens with one attached hydrogen (secondary N) is 2. The molecule has 0 bridgehead atoms. The molecule has 0 unspecified atom stereocenters. The highest BCUT2D eigenvalue weighted by Crippen LogP contribution is 2.27. The van der Waals surface area contributed by atoms with E-state index >= 15 is 0 Å². The lowest BCUT2D eigenvalue weighted by atomic mass is 10.2. The van der Waals surface area contributed by atoms with Gasteiger partial charge in [-0.2, -0.15) is 5.10 Å².